The lowest BCUT2D eigenvalue weighted by Crippen LogP contribution is -2.56. The number of aliphatic hydroxyl groups excluding tert-OH is 1. The van der Waals surface area contributed by atoms with Gasteiger partial charge in [-0.25, -0.2) is 0 Å². The van der Waals surface area contributed by atoms with E-state index in [2.05, 4.69) is 0 Å². The third-order valence-electron chi connectivity index (χ3n) is 6.56. The molecule has 1 aromatic rings. The van der Waals surface area contributed by atoms with Gasteiger partial charge in [-0.3, -0.25) is 4.57 Å². The molecule has 0 aromatic heterocycles. The maximum atomic E-state index is 12.7. The highest BCUT2D eigenvalue weighted by molar-refractivity contribution is 7.52. The summed E-state index contributed by atoms with van der Waals surface area (Å²) >= 11 is 0. The summed E-state index contributed by atoms with van der Waals surface area (Å²) in [7, 11) is -3.80. The lowest BCUT2D eigenvalue weighted by molar-refractivity contribution is -0.206. The number of fused-ring (bicyclic) bond motifs is 1. The average molecular weight is 455 g/mol. The van der Waals surface area contributed by atoms with Crippen LogP contribution in [0.3, 0.4) is 0 Å². The predicted molar refractivity (Wildman–Crippen MR) is 116 cm³/mol. The first-order valence-corrected chi connectivity index (χ1v) is 13.4. The van der Waals surface area contributed by atoms with Gasteiger partial charge in [-0.05, 0) is 24.8 Å². The monoisotopic (exact) mass is 454 g/mol. The van der Waals surface area contributed by atoms with Gasteiger partial charge in [-0.2, -0.15) is 0 Å². The molecule has 1 aliphatic heterocycles. The summed E-state index contributed by atoms with van der Waals surface area (Å²) in [5.74, 6) is -0.692. The first kappa shape index (κ1) is 23.4. The maximum Gasteiger partial charge on any atom is 0.328 e. The van der Waals surface area contributed by atoms with Gasteiger partial charge in [0, 0.05) is 25.4 Å². The third-order valence-corrected chi connectivity index (χ3v) is 8.05. The van der Waals surface area contributed by atoms with Crippen molar-refractivity contribution in [3.05, 3.63) is 35.9 Å². The average Bonchev–Trinajstić information content (AvgIpc) is 3.12. The highest BCUT2D eigenvalue weighted by Gasteiger charge is 2.58. The molecule has 3 fully saturated rings. The number of aliphatic hydroxyl groups is 1. The van der Waals surface area contributed by atoms with E-state index in [4.69, 9.17) is 18.7 Å². The summed E-state index contributed by atoms with van der Waals surface area (Å²) in [6.45, 7) is 2.29. The zero-order chi connectivity index (χ0) is 21.9. The Morgan fingerprint density at radius 3 is 2.55 bits per heavy atom. The largest absolute Gasteiger partial charge is 0.390 e. The Morgan fingerprint density at radius 1 is 1.13 bits per heavy atom. The Labute approximate surface area is 184 Å². The smallest absolute Gasteiger partial charge is 0.328 e. The van der Waals surface area contributed by atoms with Crippen LogP contribution in [0.5, 0.6) is 0 Å². The Hall–Kier alpha value is -0.790. The highest BCUT2D eigenvalue weighted by atomic mass is 31.2. The molecule has 7 nitrogen and oxygen atoms in total. The van der Waals surface area contributed by atoms with Crippen LogP contribution in [0.25, 0.3) is 0 Å². The van der Waals surface area contributed by atoms with Crippen LogP contribution in [0.1, 0.15) is 63.9 Å². The molecular weight excluding hydrogens is 419 g/mol. The van der Waals surface area contributed by atoms with Crippen LogP contribution < -0.4 is 0 Å². The summed E-state index contributed by atoms with van der Waals surface area (Å²) in [5, 5.41) is 10.8. The summed E-state index contributed by atoms with van der Waals surface area (Å²) in [4.78, 5) is 10.4. The summed E-state index contributed by atoms with van der Waals surface area (Å²) in [6, 6.07) is 9.77. The Morgan fingerprint density at radius 2 is 1.84 bits per heavy atom. The number of hydrogen-bond donors (Lipinski definition) is 2. The Balaban J connectivity index is 1.54. The molecule has 8 heteroatoms. The molecule has 0 radical (unpaired) electrons. The second kappa shape index (κ2) is 10.0. The van der Waals surface area contributed by atoms with Crippen LogP contribution in [-0.4, -0.2) is 52.5 Å². The molecule has 3 aliphatic rings. The molecule has 1 aromatic carbocycles. The van der Waals surface area contributed by atoms with E-state index in [1.807, 2.05) is 37.3 Å². The molecule has 1 unspecified atom stereocenters. The van der Waals surface area contributed by atoms with Crippen molar-refractivity contribution in [2.45, 2.75) is 101 Å². The fourth-order valence-corrected chi connectivity index (χ4v) is 6.40. The van der Waals surface area contributed by atoms with Crippen molar-refractivity contribution in [1.82, 2.24) is 0 Å². The number of ether oxygens (including phenoxy) is 3. The van der Waals surface area contributed by atoms with Crippen LogP contribution in [0.4, 0.5) is 0 Å². The minimum absolute atomic E-state index is 0.0941. The van der Waals surface area contributed by atoms with E-state index in [0.29, 0.717) is 13.0 Å². The fourth-order valence-electron chi connectivity index (χ4n) is 4.95. The van der Waals surface area contributed by atoms with E-state index >= 15 is 0 Å². The van der Waals surface area contributed by atoms with Gasteiger partial charge in [0.1, 0.15) is 18.3 Å². The highest BCUT2D eigenvalue weighted by Crippen LogP contribution is 2.50. The lowest BCUT2D eigenvalue weighted by atomic mass is 9.87. The molecule has 6 atom stereocenters. The number of hydrogen-bond acceptors (Lipinski definition) is 6. The van der Waals surface area contributed by atoms with Crippen molar-refractivity contribution in [3.63, 3.8) is 0 Å². The first-order valence-electron chi connectivity index (χ1n) is 11.6. The number of benzene rings is 1. The van der Waals surface area contributed by atoms with Crippen molar-refractivity contribution in [2.24, 2.45) is 0 Å². The minimum atomic E-state index is -3.80. The Bertz CT molecular complexity index is 752. The van der Waals surface area contributed by atoms with Crippen LogP contribution in [-0.2, 0) is 29.9 Å². The second-order valence-electron chi connectivity index (χ2n) is 9.06. The normalized spacial score (nSPS) is 34.4. The molecular formula is C23H35O7P. The predicted octanol–water partition coefficient (Wildman–Crippen LogP) is 4.15. The van der Waals surface area contributed by atoms with Crippen molar-refractivity contribution in [3.8, 4) is 0 Å². The topological polar surface area (TPSA) is 94.5 Å². The van der Waals surface area contributed by atoms with Gasteiger partial charge >= 0.3 is 7.60 Å². The third kappa shape index (κ3) is 5.59. The van der Waals surface area contributed by atoms with Gasteiger partial charge in [0.15, 0.2) is 5.79 Å². The molecule has 0 amide bonds. The van der Waals surface area contributed by atoms with Gasteiger partial charge < -0.3 is 28.7 Å². The van der Waals surface area contributed by atoms with E-state index in [1.54, 1.807) is 0 Å². The molecule has 31 heavy (non-hydrogen) atoms. The van der Waals surface area contributed by atoms with Crippen LogP contribution >= 0.6 is 7.60 Å². The molecule has 2 saturated carbocycles. The molecule has 1 saturated heterocycles. The molecule has 1 spiro atoms. The molecule has 0 bridgehead atoms. The van der Waals surface area contributed by atoms with Gasteiger partial charge in [0.05, 0.1) is 18.8 Å². The van der Waals surface area contributed by atoms with Crippen LogP contribution in [0.2, 0.25) is 0 Å². The van der Waals surface area contributed by atoms with Crippen LogP contribution in [0.15, 0.2) is 30.3 Å². The molecule has 1 heterocycles. The SMILES string of the molecule is CCCCP(=O)(O)O[C@@H]1C[C@H](O)[C@@H]2OC3(CCCCC3)O[C@@H]2[C@H]1OCc1ccccc1. The van der Waals surface area contributed by atoms with Gasteiger partial charge in [-0.15, -0.1) is 0 Å². The zero-order valence-corrected chi connectivity index (χ0v) is 19.1. The van der Waals surface area contributed by atoms with E-state index in [1.165, 1.54) is 0 Å². The Kier molecular flexibility index (Phi) is 7.54. The van der Waals surface area contributed by atoms with E-state index in [9.17, 15) is 14.6 Å². The molecule has 2 N–H and O–H groups in total. The van der Waals surface area contributed by atoms with Crippen molar-refractivity contribution < 1.29 is 33.3 Å². The molecule has 2 aliphatic carbocycles. The van der Waals surface area contributed by atoms with Crippen LogP contribution in [0, 0.1) is 0 Å². The fraction of sp³-hybridized carbons (Fsp3) is 0.739. The number of unbranched alkanes of at least 4 members (excludes halogenated alkanes) is 1. The van der Waals surface area contributed by atoms with E-state index < -0.39 is 43.9 Å². The van der Waals surface area contributed by atoms with Crippen molar-refractivity contribution in [2.75, 3.05) is 6.16 Å². The lowest BCUT2D eigenvalue weighted by Gasteiger charge is -2.40. The maximum absolute atomic E-state index is 12.7. The van der Waals surface area contributed by atoms with E-state index in [-0.39, 0.29) is 12.6 Å². The second-order valence-corrected chi connectivity index (χ2v) is 11.0. The van der Waals surface area contributed by atoms with Gasteiger partial charge in [-0.1, -0.05) is 50.1 Å². The first-order chi connectivity index (χ1) is 14.9. The summed E-state index contributed by atoms with van der Waals surface area (Å²) < 4.78 is 37.4. The number of rotatable bonds is 8. The van der Waals surface area contributed by atoms with Gasteiger partial charge in [0.2, 0.25) is 0 Å². The van der Waals surface area contributed by atoms with Crippen molar-refractivity contribution >= 4 is 7.60 Å². The quantitative estimate of drug-likeness (QED) is 0.570. The van der Waals surface area contributed by atoms with E-state index in [0.717, 1.165) is 44.1 Å². The minimum Gasteiger partial charge on any atom is -0.390 e. The molecule has 4 rings (SSSR count). The summed E-state index contributed by atoms with van der Waals surface area (Å²) in [6.07, 6.45) is 3.22. The molecule has 174 valence electrons. The standard InChI is InChI=1S/C23H35O7P/c1-2-3-14-31(25,26)30-19-15-18(24)20-22(29-23(28-20)12-8-5-9-13-23)21(19)27-16-17-10-6-4-7-11-17/h4,6-7,10-11,18-22,24H,2-3,5,8-9,12-16H2,1H3,(H,25,26)/t18-,19+,20-,21-,22-/m0/s1. The summed E-state index contributed by atoms with van der Waals surface area (Å²) in [5.41, 5.74) is 0.994. The van der Waals surface area contributed by atoms with Gasteiger partial charge in [0.25, 0.3) is 0 Å². The van der Waals surface area contributed by atoms with Crippen molar-refractivity contribution in [1.29, 1.82) is 0 Å². The zero-order valence-electron chi connectivity index (χ0n) is 18.2.